The van der Waals surface area contributed by atoms with Gasteiger partial charge < -0.3 is 19.7 Å². The van der Waals surface area contributed by atoms with Gasteiger partial charge in [0.25, 0.3) is 0 Å². The van der Waals surface area contributed by atoms with Crippen LogP contribution in [-0.2, 0) is 13.0 Å². The van der Waals surface area contributed by atoms with Gasteiger partial charge in [-0.15, -0.1) is 0 Å². The third kappa shape index (κ3) is 2.16. The fourth-order valence-corrected chi connectivity index (χ4v) is 2.98. The van der Waals surface area contributed by atoms with Gasteiger partial charge in [0.05, 0.1) is 11.0 Å². The summed E-state index contributed by atoms with van der Waals surface area (Å²) < 4.78 is 17.3. The fraction of sp³-hybridized carbons (Fsp3) is 0.385. The Bertz CT molecular complexity index is 642. The van der Waals surface area contributed by atoms with E-state index in [1.54, 1.807) is 0 Å². The Hall–Kier alpha value is -1.60. The molecule has 2 heterocycles. The Labute approximate surface area is 124 Å². The average Bonchev–Trinajstić information content (AvgIpc) is 2.96. The monoisotopic (exact) mass is 339 g/mol. The average molecular weight is 340 g/mol. The normalized spacial score (nSPS) is 13.6. The highest BCUT2D eigenvalue weighted by molar-refractivity contribution is 9.10. The maximum atomic E-state index is 5.66. The highest BCUT2D eigenvalue weighted by atomic mass is 79.9. The zero-order chi connectivity index (χ0) is 14.1. The van der Waals surface area contributed by atoms with Crippen LogP contribution in [-0.4, -0.2) is 23.4 Å². The number of benzene rings is 1. The molecule has 2 N–H and O–H groups in total. The zero-order valence-electron chi connectivity index (χ0n) is 11.0. The Balaban J connectivity index is 2.16. The van der Waals surface area contributed by atoms with E-state index >= 15 is 0 Å². The predicted octanol–water partition coefficient (Wildman–Crippen LogP) is 2.29. The van der Waals surface area contributed by atoms with Gasteiger partial charge in [-0.3, -0.25) is 0 Å². The van der Waals surface area contributed by atoms with Crippen LogP contribution in [0.2, 0.25) is 0 Å². The van der Waals surface area contributed by atoms with Gasteiger partial charge in [-0.05, 0) is 34.0 Å². The molecule has 0 aliphatic carbocycles. The molecule has 0 unspecified atom stereocenters. The molecule has 1 aliphatic rings. The van der Waals surface area contributed by atoms with Crippen LogP contribution < -0.4 is 15.2 Å². The summed E-state index contributed by atoms with van der Waals surface area (Å²) in [6, 6.07) is 1.89. The second-order valence-electron chi connectivity index (χ2n) is 4.31. The predicted molar refractivity (Wildman–Crippen MR) is 75.7 cm³/mol. The topological polar surface area (TPSA) is 83.4 Å². The van der Waals surface area contributed by atoms with Crippen molar-refractivity contribution in [3.05, 3.63) is 22.0 Å². The van der Waals surface area contributed by atoms with Gasteiger partial charge >= 0.3 is 0 Å². The van der Waals surface area contributed by atoms with E-state index in [1.165, 1.54) is 0 Å². The van der Waals surface area contributed by atoms with Crippen LogP contribution in [0.3, 0.4) is 0 Å². The van der Waals surface area contributed by atoms with Crippen molar-refractivity contribution in [1.82, 2.24) is 10.1 Å². The summed E-state index contributed by atoms with van der Waals surface area (Å²) in [6.07, 6.45) is 0.805. The molecule has 1 aromatic carbocycles. The van der Waals surface area contributed by atoms with Crippen LogP contribution in [0.4, 0.5) is 0 Å². The minimum absolute atomic E-state index is 0.222. The Kier molecular flexibility index (Phi) is 3.62. The third-order valence-electron chi connectivity index (χ3n) is 3.11. The van der Waals surface area contributed by atoms with E-state index < -0.39 is 0 Å². The smallest absolute Gasteiger partial charge is 0.240 e. The maximum Gasteiger partial charge on any atom is 0.240 e. The first kappa shape index (κ1) is 13.4. The summed E-state index contributed by atoms with van der Waals surface area (Å²) in [6.45, 7) is 3.36. The number of hydrogen-bond acceptors (Lipinski definition) is 6. The molecule has 3 rings (SSSR count). The lowest BCUT2D eigenvalue weighted by Crippen LogP contribution is -2.16. The van der Waals surface area contributed by atoms with Gasteiger partial charge in [0.1, 0.15) is 13.2 Å². The molecular formula is C13H14BrN3O3. The lowest BCUT2D eigenvalue weighted by Gasteiger charge is -2.22. The van der Waals surface area contributed by atoms with E-state index in [0.29, 0.717) is 30.7 Å². The minimum Gasteiger partial charge on any atom is -0.486 e. The molecule has 0 atom stereocenters. The number of hydrogen-bond donors (Lipinski definition) is 1. The SMILES string of the molecule is CCc1c(-c2noc(CN)n2)cc2c(c1Br)OCCO2. The van der Waals surface area contributed by atoms with Crippen LogP contribution in [0.1, 0.15) is 18.4 Å². The molecule has 0 amide bonds. The van der Waals surface area contributed by atoms with Crippen molar-refractivity contribution in [3.8, 4) is 22.9 Å². The lowest BCUT2D eigenvalue weighted by atomic mass is 10.0. The molecule has 0 fully saturated rings. The fourth-order valence-electron chi connectivity index (χ4n) is 2.18. The summed E-state index contributed by atoms with van der Waals surface area (Å²) in [5.41, 5.74) is 7.42. The molecule has 0 saturated carbocycles. The Morgan fingerprint density at radius 2 is 2.15 bits per heavy atom. The summed E-state index contributed by atoms with van der Waals surface area (Å²) in [4.78, 5) is 4.28. The van der Waals surface area contributed by atoms with Gasteiger partial charge in [0, 0.05) is 5.56 Å². The molecule has 0 bridgehead atoms. The largest absolute Gasteiger partial charge is 0.486 e. The summed E-state index contributed by atoms with van der Waals surface area (Å²) >= 11 is 3.58. The van der Waals surface area contributed by atoms with E-state index in [1.807, 2.05) is 6.07 Å². The number of rotatable bonds is 3. The van der Waals surface area contributed by atoms with Crippen LogP contribution in [0.25, 0.3) is 11.4 Å². The van der Waals surface area contributed by atoms with E-state index in [-0.39, 0.29) is 6.54 Å². The van der Waals surface area contributed by atoms with Gasteiger partial charge in [-0.1, -0.05) is 12.1 Å². The van der Waals surface area contributed by atoms with E-state index in [0.717, 1.165) is 27.8 Å². The Morgan fingerprint density at radius 1 is 1.35 bits per heavy atom. The number of fused-ring (bicyclic) bond motifs is 1. The zero-order valence-corrected chi connectivity index (χ0v) is 12.6. The third-order valence-corrected chi connectivity index (χ3v) is 3.95. The van der Waals surface area contributed by atoms with Crippen molar-refractivity contribution in [2.24, 2.45) is 5.73 Å². The molecule has 0 radical (unpaired) electrons. The summed E-state index contributed by atoms with van der Waals surface area (Å²) in [5, 5.41) is 3.97. The minimum atomic E-state index is 0.222. The summed E-state index contributed by atoms with van der Waals surface area (Å²) in [5.74, 6) is 2.35. The number of nitrogens with two attached hydrogens (primary N) is 1. The number of aromatic nitrogens is 2. The molecule has 0 spiro atoms. The maximum absolute atomic E-state index is 5.66. The molecule has 2 aromatic rings. The lowest BCUT2D eigenvalue weighted by molar-refractivity contribution is 0.170. The first-order valence-corrected chi connectivity index (χ1v) is 7.17. The van der Waals surface area contributed by atoms with Crippen molar-refractivity contribution in [2.75, 3.05) is 13.2 Å². The van der Waals surface area contributed by atoms with Gasteiger partial charge in [-0.2, -0.15) is 4.98 Å². The first-order valence-electron chi connectivity index (χ1n) is 6.38. The summed E-state index contributed by atoms with van der Waals surface area (Å²) in [7, 11) is 0. The van der Waals surface area contributed by atoms with Crippen molar-refractivity contribution >= 4 is 15.9 Å². The number of halogens is 1. The van der Waals surface area contributed by atoms with E-state index in [4.69, 9.17) is 19.7 Å². The second-order valence-corrected chi connectivity index (χ2v) is 5.10. The molecule has 106 valence electrons. The molecular weight excluding hydrogens is 326 g/mol. The molecule has 20 heavy (non-hydrogen) atoms. The van der Waals surface area contributed by atoms with Crippen molar-refractivity contribution < 1.29 is 14.0 Å². The molecule has 7 heteroatoms. The molecule has 0 saturated heterocycles. The van der Waals surface area contributed by atoms with Crippen molar-refractivity contribution in [3.63, 3.8) is 0 Å². The van der Waals surface area contributed by atoms with Crippen LogP contribution in [0, 0.1) is 0 Å². The first-order chi connectivity index (χ1) is 9.74. The van der Waals surface area contributed by atoms with Crippen molar-refractivity contribution in [1.29, 1.82) is 0 Å². The van der Waals surface area contributed by atoms with E-state index in [9.17, 15) is 0 Å². The molecule has 1 aliphatic heterocycles. The standard InChI is InChI=1S/C13H14BrN3O3/c1-2-7-8(13-16-10(6-15)20-17-13)5-9-12(11(7)14)19-4-3-18-9/h5H,2-4,6,15H2,1H3. The van der Waals surface area contributed by atoms with Crippen LogP contribution in [0.5, 0.6) is 11.5 Å². The van der Waals surface area contributed by atoms with Crippen molar-refractivity contribution in [2.45, 2.75) is 19.9 Å². The second kappa shape index (κ2) is 5.41. The number of nitrogens with zero attached hydrogens (tertiary/aromatic N) is 2. The highest BCUT2D eigenvalue weighted by Gasteiger charge is 2.23. The van der Waals surface area contributed by atoms with Gasteiger partial charge in [0.2, 0.25) is 11.7 Å². The van der Waals surface area contributed by atoms with Gasteiger partial charge in [-0.25, -0.2) is 0 Å². The van der Waals surface area contributed by atoms with Crippen LogP contribution in [0.15, 0.2) is 15.1 Å². The quantitative estimate of drug-likeness (QED) is 0.923. The van der Waals surface area contributed by atoms with Crippen LogP contribution >= 0.6 is 15.9 Å². The molecule has 1 aromatic heterocycles. The Morgan fingerprint density at radius 3 is 2.85 bits per heavy atom. The number of ether oxygens (including phenoxy) is 2. The van der Waals surface area contributed by atoms with Gasteiger partial charge in [0.15, 0.2) is 11.5 Å². The molecule has 6 nitrogen and oxygen atoms in total. The van der Waals surface area contributed by atoms with E-state index in [2.05, 4.69) is 33.0 Å². The highest BCUT2D eigenvalue weighted by Crippen LogP contribution is 2.44.